The Morgan fingerprint density at radius 2 is 2.32 bits per heavy atom. The largest absolute Gasteiger partial charge is 0.373 e. The van der Waals surface area contributed by atoms with Crippen molar-refractivity contribution in [3.8, 4) is 0 Å². The molecule has 0 aliphatic carbocycles. The molecule has 1 aromatic rings. The van der Waals surface area contributed by atoms with Gasteiger partial charge < -0.3 is 15.0 Å². The fourth-order valence-corrected chi connectivity index (χ4v) is 2.82. The molecule has 19 heavy (non-hydrogen) atoms. The van der Waals surface area contributed by atoms with E-state index in [9.17, 15) is 9.18 Å². The minimum Gasteiger partial charge on any atom is -0.373 e. The van der Waals surface area contributed by atoms with Gasteiger partial charge in [-0.1, -0.05) is 11.6 Å². The summed E-state index contributed by atoms with van der Waals surface area (Å²) in [4.78, 5) is 14.1. The highest BCUT2D eigenvalue weighted by atomic mass is 35.5. The van der Waals surface area contributed by atoms with Gasteiger partial charge in [-0.05, 0) is 18.2 Å². The van der Waals surface area contributed by atoms with E-state index < -0.39 is 5.82 Å². The molecule has 4 nitrogen and oxygen atoms in total. The number of fused-ring (bicyclic) bond motifs is 1. The fraction of sp³-hybridized carbons (Fsp3) is 0.462. The number of nitrogens with one attached hydrogen (secondary N) is 1. The average Bonchev–Trinajstić information content (AvgIpc) is 2.86. The summed E-state index contributed by atoms with van der Waals surface area (Å²) < 4.78 is 19.4. The lowest BCUT2D eigenvalue weighted by Crippen LogP contribution is -2.53. The molecule has 2 aliphatic heterocycles. The van der Waals surface area contributed by atoms with Gasteiger partial charge in [0.25, 0.3) is 5.91 Å². The molecule has 1 amide bonds. The molecule has 0 radical (unpaired) electrons. The Morgan fingerprint density at radius 3 is 3.11 bits per heavy atom. The highest BCUT2D eigenvalue weighted by Crippen LogP contribution is 2.22. The molecular formula is C13H14ClFN2O2. The highest BCUT2D eigenvalue weighted by molar-refractivity contribution is 6.30. The van der Waals surface area contributed by atoms with Crippen molar-refractivity contribution >= 4 is 17.5 Å². The summed E-state index contributed by atoms with van der Waals surface area (Å²) in [6.07, 6.45) is 0.00746. The van der Waals surface area contributed by atoms with Gasteiger partial charge in [0.1, 0.15) is 5.82 Å². The van der Waals surface area contributed by atoms with Gasteiger partial charge in [0, 0.05) is 24.7 Å². The number of morpholine rings is 1. The van der Waals surface area contributed by atoms with Crippen LogP contribution < -0.4 is 5.32 Å². The number of rotatable bonds is 1. The van der Waals surface area contributed by atoms with Crippen LogP contribution in [-0.2, 0) is 4.74 Å². The quantitative estimate of drug-likeness (QED) is 0.845. The summed E-state index contributed by atoms with van der Waals surface area (Å²) in [5.41, 5.74) is 0.0666. The van der Waals surface area contributed by atoms with Crippen molar-refractivity contribution < 1.29 is 13.9 Å². The fourth-order valence-electron chi connectivity index (χ4n) is 2.66. The first-order valence-corrected chi connectivity index (χ1v) is 6.63. The van der Waals surface area contributed by atoms with Crippen molar-refractivity contribution in [2.45, 2.75) is 12.1 Å². The second kappa shape index (κ2) is 5.07. The Balaban J connectivity index is 1.86. The number of hydrogen-bond acceptors (Lipinski definition) is 3. The Kier molecular flexibility index (Phi) is 3.43. The molecule has 2 atom stereocenters. The van der Waals surface area contributed by atoms with Gasteiger partial charge in [-0.3, -0.25) is 4.79 Å². The first kappa shape index (κ1) is 12.8. The van der Waals surface area contributed by atoms with Crippen LogP contribution in [0.2, 0.25) is 5.02 Å². The lowest BCUT2D eigenvalue weighted by Gasteiger charge is -2.37. The van der Waals surface area contributed by atoms with Crippen LogP contribution in [0.1, 0.15) is 10.4 Å². The van der Waals surface area contributed by atoms with Crippen LogP contribution in [0.15, 0.2) is 18.2 Å². The molecule has 0 spiro atoms. The Labute approximate surface area is 115 Å². The first-order valence-electron chi connectivity index (χ1n) is 6.25. The molecule has 2 fully saturated rings. The molecule has 1 aromatic carbocycles. The number of carbonyl (C=O) groups excluding carboxylic acids is 1. The van der Waals surface area contributed by atoms with Crippen molar-refractivity contribution in [3.05, 3.63) is 34.6 Å². The monoisotopic (exact) mass is 284 g/mol. The van der Waals surface area contributed by atoms with E-state index in [4.69, 9.17) is 16.3 Å². The third kappa shape index (κ3) is 2.33. The maximum Gasteiger partial charge on any atom is 0.257 e. The number of amides is 1. The van der Waals surface area contributed by atoms with Crippen molar-refractivity contribution in [2.75, 3.05) is 26.2 Å². The van der Waals surface area contributed by atoms with E-state index in [0.717, 1.165) is 6.54 Å². The van der Waals surface area contributed by atoms with E-state index in [1.165, 1.54) is 18.2 Å². The van der Waals surface area contributed by atoms with Crippen molar-refractivity contribution in [1.82, 2.24) is 10.2 Å². The van der Waals surface area contributed by atoms with Crippen LogP contribution >= 0.6 is 11.6 Å². The van der Waals surface area contributed by atoms with Crippen LogP contribution in [-0.4, -0.2) is 49.2 Å². The number of halogens is 2. The number of ether oxygens (including phenoxy) is 1. The van der Waals surface area contributed by atoms with E-state index >= 15 is 0 Å². The van der Waals surface area contributed by atoms with Crippen molar-refractivity contribution in [3.63, 3.8) is 0 Å². The lowest BCUT2D eigenvalue weighted by molar-refractivity contribution is -0.0366. The standard InChI is InChI=1S/C13H14ClFN2O2/c14-8-1-2-9(10(15)5-8)13(18)17-3-4-19-12-7-16-6-11(12)17/h1-2,5,11-12,16H,3-4,6-7H2/t11-,12+/m1/s1. The van der Waals surface area contributed by atoms with Crippen LogP contribution in [0.4, 0.5) is 4.39 Å². The van der Waals surface area contributed by atoms with Crippen molar-refractivity contribution in [2.24, 2.45) is 0 Å². The number of carbonyl (C=O) groups is 1. The molecule has 2 saturated heterocycles. The second-order valence-electron chi connectivity index (χ2n) is 4.76. The maximum atomic E-state index is 13.8. The molecule has 2 heterocycles. The predicted molar refractivity (Wildman–Crippen MR) is 68.8 cm³/mol. The highest BCUT2D eigenvalue weighted by Gasteiger charge is 2.39. The summed E-state index contributed by atoms with van der Waals surface area (Å²) in [5, 5.41) is 3.48. The molecule has 0 unspecified atom stereocenters. The van der Waals surface area contributed by atoms with Crippen LogP contribution in [0, 0.1) is 5.82 Å². The van der Waals surface area contributed by atoms with Crippen LogP contribution in [0.3, 0.4) is 0 Å². The first-order chi connectivity index (χ1) is 9.16. The van der Waals surface area contributed by atoms with E-state index in [1.54, 1.807) is 4.90 Å². The molecule has 2 aliphatic rings. The normalized spacial score (nSPS) is 26.3. The third-order valence-corrected chi connectivity index (χ3v) is 3.85. The molecular weight excluding hydrogens is 271 g/mol. The Morgan fingerprint density at radius 1 is 1.47 bits per heavy atom. The predicted octanol–water partition coefficient (Wildman–Crippen LogP) is 1.29. The minimum absolute atomic E-state index is 0.00746. The maximum absolute atomic E-state index is 13.8. The van der Waals surface area contributed by atoms with E-state index in [-0.39, 0.29) is 28.6 Å². The second-order valence-corrected chi connectivity index (χ2v) is 5.19. The smallest absolute Gasteiger partial charge is 0.257 e. The van der Waals surface area contributed by atoms with E-state index in [0.29, 0.717) is 19.7 Å². The van der Waals surface area contributed by atoms with Gasteiger partial charge in [0.15, 0.2) is 0 Å². The summed E-state index contributed by atoms with van der Waals surface area (Å²) in [7, 11) is 0. The van der Waals surface area contributed by atoms with E-state index in [2.05, 4.69) is 5.32 Å². The van der Waals surface area contributed by atoms with Crippen molar-refractivity contribution in [1.29, 1.82) is 0 Å². The summed E-state index contributed by atoms with van der Waals surface area (Å²) in [5.74, 6) is -0.873. The molecule has 3 rings (SSSR count). The Hall–Kier alpha value is -1.17. The molecule has 0 bridgehead atoms. The van der Waals surface area contributed by atoms with Gasteiger partial charge in [-0.2, -0.15) is 0 Å². The molecule has 1 N–H and O–H groups in total. The lowest BCUT2D eigenvalue weighted by atomic mass is 10.1. The summed E-state index contributed by atoms with van der Waals surface area (Å²) in [6.45, 7) is 2.40. The molecule has 6 heteroatoms. The topological polar surface area (TPSA) is 41.6 Å². The van der Waals surface area contributed by atoms with Gasteiger partial charge in [-0.25, -0.2) is 4.39 Å². The number of hydrogen-bond donors (Lipinski definition) is 1. The molecule has 102 valence electrons. The van der Waals surface area contributed by atoms with Crippen LogP contribution in [0.5, 0.6) is 0 Å². The number of benzene rings is 1. The summed E-state index contributed by atoms with van der Waals surface area (Å²) in [6, 6.07) is 4.12. The van der Waals surface area contributed by atoms with E-state index in [1.807, 2.05) is 0 Å². The zero-order chi connectivity index (χ0) is 13.4. The third-order valence-electron chi connectivity index (χ3n) is 3.62. The van der Waals surface area contributed by atoms with Gasteiger partial charge in [0.2, 0.25) is 0 Å². The Bertz CT molecular complexity index is 511. The van der Waals surface area contributed by atoms with Gasteiger partial charge in [-0.15, -0.1) is 0 Å². The average molecular weight is 285 g/mol. The zero-order valence-electron chi connectivity index (χ0n) is 10.2. The van der Waals surface area contributed by atoms with Gasteiger partial charge in [0.05, 0.1) is 24.3 Å². The summed E-state index contributed by atoms with van der Waals surface area (Å²) >= 11 is 5.70. The van der Waals surface area contributed by atoms with Gasteiger partial charge >= 0.3 is 0 Å². The SMILES string of the molecule is O=C(c1ccc(Cl)cc1F)N1CCO[C@H]2CNC[C@H]21. The van der Waals surface area contributed by atoms with Crippen LogP contribution in [0.25, 0.3) is 0 Å². The molecule has 0 aromatic heterocycles. The molecule has 0 saturated carbocycles. The zero-order valence-corrected chi connectivity index (χ0v) is 11.0. The number of nitrogens with zero attached hydrogens (tertiary/aromatic N) is 1. The minimum atomic E-state index is -0.577.